The van der Waals surface area contributed by atoms with Gasteiger partial charge >= 0.3 is 0 Å². The number of pyridine rings is 1. The third-order valence-corrected chi connectivity index (χ3v) is 2.96. The molecule has 1 aromatic carbocycles. The van der Waals surface area contributed by atoms with Crippen LogP contribution in [0.3, 0.4) is 0 Å². The van der Waals surface area contributed by atoms with Crippen LogP contribution in [0.2, 0.25) is 5.02 Å². The monoisotopic (exact) mass is 278 g/mol. The predicted molar refractivity (Wildman–Crippen MR) is 71.4 cm³/mol. The average molecular weight is 279 g/mol. The highest BCUT2D eigenvalue weighted by atomic mass is 35.5. The fourth-order valence-electron chi connectivity index (χ4n) is 1.62. The summed E-state index contributed by atoms with van der Waals surface area (Å²) in [6.45, 7) is 1.86. The number of hydrogen-bond acceptors (Lipinski definition) is 4. The van der Waals surface area contributed by atoms with Crippen molar-refractivity contribution < 1.29 is 9.66 Å². The zero-order valence-electron chi connectivity index (χ0n) is 10.2. The number of nitrogens with zero attached hydrogens (tertiary/aromatic N) is 2. The van der Waals surface area contributed by atoms with E-state index in [1.54, 1.807) is 18.3 Å². The van der Waals surface area contributed by atoms with Gasteiger partial charge in [0.1, 0.15) is 6.61 Å². The van der Waals surface area contributed by atoms with E-state index in [4.69, 9.17) is 16.3 Å². The first kappa shape index (κ1) is 13.3. The van der Waals surface area contributed by atoms with Gasteiger partial charge in [0.05, 0.1) is 15.5 Å². The third kappa shape index (κ3) is 3.00. The molecule has 0 fully saturated rings. The van der Waals surface area contributed by atoms with Crippen LogP contribution in [-0.2, 0) is 6.61 Å². The fraction of sp³-hybridized carbons (Fsp3) is 0.154. The number of nitro benzene ring substituents is 1. The van der Waals surface area contributed by atoms with Crippen LogP contribution in [0, 0.1) is 17.0 Å². The zero-order valence-corrected chi connectivity index (χ0v) is 10.9. The first-order valence-corrected chi connectivity index (χ1v) is 5.93. The van der Waals surface area contributed by atoms with Crippen LogP contribution in [0.4, 0.5) is 5.69 Å². The first-order valence-electron chi connectivity index (χ1n) is 5.56. The number of aromatic nitrogens is 1. The summed E-state index contributed by atoms with van der Waals surface area (Å²) >= 11 is 5.97. The summed E-state index contributed by atoms with van der Waals surface area (Å²) in [5.74, 6) is 0.441. The van der Waals surface area contributed by atoms with Crippen molar-refractivity contribution in [3.8, 4) is 5.88 Å². The Balaban J connectivity index is 2.25. The smallest absolute Gasteiger partial charge is 0.277 e. The molecular formula is C13H11ClN2O3. The van der Waals surface area contributed by atoms with Gasteiger partial charge in [0, 0.05) is 17.8 Å². The molecule has 6 heteroatoms. The molecule has 0 radical (unpaired) electrons. The van der Waals surface area contributed by atoms with Gasteiger partial charge in [-0.15, -0.1) is 0 Å². The Kier molecular flexibility index (Phi) is 3.97. The molecule has 5 nitrogen and oxygen atoms in total. The Morgan fingerprint density at radius 2 is 2.16 bits per heavy atom. The fourth-order valence-corrected chi connectivity index (χ4v) is 1.85. The molecule has 0 aliphatic rings. The number of benzene rings is 1. The SMILES string of the molecule is Cc1cccnc1OCc1c(Cl)cccc1[N+](=O)[O-]. The summed E-state index contributed by atoms with van der Waals surface area (Å²) in [7, 11) is 0. The molecule has 0 bridgehead atoms. The normalized spacial score (nSPS) is 10.2. The minimum Gasteiger partial charge on any atom is -0.472 e. The van der Waals surface area contributed by atoms with E-state index in [1.807, 2.05) is 13.0 Å². The van der Waals surface area contributed by atoms with E-state index < -0.39 is 4.92 Å². The van der Waals surface area contributed by atoms with Crippen molar-refractivity contribution >= 4 is 17.3 Å². The number of halogens is 1. The number of hydrogen-bond donors (Lipinski definition) is 0. The standard InChI is InChI=1S/C13H11ClN2O3/c1-9-4-3-7-15-13(9)19-8-10-11(14)5-2-6-12(10)16(17)18/h2-7H,8H2,1H3. The lowest BCUT2D eigenvalue weighted by molar-refractivity contribution is -0.385. The Bertz CT molecular complexity index is 617. The average Bonchev–Trinajstić information content (AvgIpc) is 2.38. The van der Waals surface area contributed by atoms with Crippen molar-refractivity contribution in [3.05, 3.63) is 62.8 Å². The van der Waals surface area contributed by atoms with E-state index in [-0.39, 0.29) is 12.3 Å². The molecule has 0 unspecified atom stereocenters. The van der Waals surface area contributed by atoms with Crippen LogP contribution in [0.1, 0.15) is 11.1 Å². The number of aryl methyl sites for hydroxylation is 1. The maximum atomic E-state index is 10.9. The van der Waals surface area contributed by atoms with Crippen molar-refractivity contribution in [3.63, 3.8) is 0 Å². The topological polar surface area (TPSA) is 65.3 Å². The second-order valence-electron chi connectivity index (χ2n) is 3.91. The minimum atomic E-state index is -0.476. The van der Waals surface area contributed by atoms with Crippen molar-refractivity contribution in [2.24, 2.45) is 0 Å². The van der Waals surface area contributed by atoms with E-state index in [2.05, 4.69) is 4.98 Å². The molecule has 98 valence electrons. The van der Waals surface area contributed by atoms with Gasteiger partial charge in [-0.2, -0.15) is 0 Å². The summed E-state index contributed by atoms with van der Waals surface area (Å²) in [5.41, 5.74) is 1.15. The van der Waals surface area contributed by atoms with Crippen molar-refractivity contribution in [1.82, 2.24) is 4.98 Å². The van der Waals surface area contributed by atoms with Gasteiger partial charge in [-0.1, -0.05) is 23.7 Å². The van der Waals surface area contributed by atoms with Crippen LogP contribution < -0.4 is 4.74 Å². The van der Waals surface area contributed by atoms with Crippen LogP contribution in [0.5, 0.6) is 5.88 Å². The summed E-state index contributed by atoms with van der Waals surface area (Å²) in [6.07, 6.45) is 1.60. The van der Waals surface area contributed by atoms with Gasteiger partial charge in [-0.05, 0) is 19.1 Å². The van der Waals surface area contributed by atoms with Crippen LogP contribution in [0.25, 0.3) is 0 Å². The van der Waals surface area contributed by atoms with Crippen LogP contribution >= 0.6 is 11.6 Å². The van der Waals surface area contributed by atoms with E-state index in [0.29, 0.717) is 16.5 Å². The van der Waals surface area contributed by atoms with Crippen molar-refractivity contribution in [1.29, 1.82) is 0 Å². The lowest BCUT2D eigenvalue weighted by Gasteiger charge is -2.09. The van der Waals surface area contributed by atoms with Gasteiger partial charge in [0.25, 0.3) is 5.69 Å². The van der Waals surface area contributed by atoms with Gasteiger partial charge in [-0.25, -0.2) is 4.98 Å². The van der Waals surface area contributed by atoms with Crippen molar-refractivity contribution in [2.45, 2.75) is 13.5 Å². The molecule has 0 aliphatic heterocycles. The van der Waals surface area contributed by atoms with Crippen LogP contribution in [-0.4, -0.2) is 9.91 Å². The molecule has 0 N–H and O–H groups in total. The first-order chi connectivity index (χ1) is 9.09. The molecule has 2 aromatic rings. The summed E-state index contributed by atoms with van der Waals surface area (Å²) < 4.78 is 5.49. The highest BCUT2D eigenvalue weighted by Gasteiger charge is 2.17. The molecule has 0 amide bonds. The van der Waals surface area contributed by atoms with Crippen LogP contribution in [0.15, 0.2) is 36.5 Å². The Morgan fingerprint density at radius 1 is 1.37 bits per heavy atom. The molecule has 0 saturated carbocycles. The molecule has 1 heterocycles. The minimum absolute atomic E-state index is 0.00778. The molecule has 1 aromatic heterocycles. The van der Waals surface area contributed by atoms with E-state index >= 15 is 0 Å². The van der Waals surface area contributed by atoms with E-state index in [1.165, 1.54) is 12.1 Å². The van der Waals surface area contributed by atoms with Gasteiger partial charge in [0.2, 0.25) is 5.88 Å². The van der Waals surface area contributed by atoms with Crippen molar-refractivity contribution in [2.75, 3.05) is 0 Å². The molecule has 0 saturated heterocycles. The summed E-state index contributed by atoms with van der Waals surface area (Å²) in [6, 6.07) is 8.17. The Morgan fingerprint density at radius 3 is 2.84 bits per heavy atom. The lowest BCUT2D eigenvalue weighted by atomic mass is 10.2. The number of ether oxygens (including phenoxy) is 1. The molecule has 0 aliphatic carbocycles. The summed E-state index contributed by atoms with van der Waals surface area (Å²) in [5, 5.41) is 11.2. The quantitative estimate of drug-likeness (QED) is 0.634. The Hall–Kier alpha value is -2.14. The highest BCUT2D eigenvalue weighted by Crippen LogP contribution is 2.27. The second-order valence-corrected chi connectivity index (χ2v) is 4.32. The van der Waals surface area contributed by atoms with Gasteiger partial charge in [0.15, 0.2) is 0 Å². The number of nitro groups is 1. The molecule has 19 heavy (non-hydrogen) atoms. The molecular weight excluding hydrogens is 268 g/mol. The third-order valence-electron chi connectivity index (χ3n) is 2.61. The lowest BCUT2D eigenvalue weighted by Crippen LogP contribution is -2.03. The molecule has 2 rings (SSSR count). The summed E-state index contributed by atoms with van der Waals surface area (Å²) in [4.78, 5) is 14.5. The van der Waals surface area contributed by atoms with E-state index in [9.17, 15) is 10.1 Å². The Labute approximate surface area is 115 Å². The maximum Gasteiger partial charge on any atom is 0.277 e. The predicted octanol–water partition coefficient (Wildman–Crippen LogP) is 3.53. The maximum absolute atomic E-state index is 10.9. The molecule has 0 spiro atoms. The second kappa shape index (κ2) is 5.67. The van der Waals surface area contributed by atoms with Gasteiger partial charge < -0.3 is 4.74 Å². The largest absolute Gasteiger partial charge is 0.472 e. The molecule has 0 atom stereocenters. The zero-order chi connectivity index (χ0) is 13.8. The highest BCUT2D eigenvalue weighted by molar-refractivity contribution is 6.31. The van der Waals surface area contributed by atoms with Gasteiger partial charge in [-0.3, -0.25) is 10.1 Å². The number of rotatable bonds is 4. The van der Waals surface area contributed by atoms with E-state index in [0.717, 1.165) is 5.56 Å².